The first-order chi connectivity index (χ1) is 14.0. The molecule has 0 atom stereocenters. The van der Waals surface area contributed by atoms with Gasteiger partial charge in [0.2, 0.25) is 5.91 Å². The summed E-state index contributed by atoms with van der Waals surface area (Å²) < 4.78 is 1.95. The van der Waals surface area contributed by atoms with Gasteiger partial charge in [-0.15, -0.1) is 10.2 Å². The highest BCUT2D eigenvalue weighted by Crippen LogP contribution is 2.28. The second kappa shape index (κ2) is 8.08. The summed E-state index contributed by atoms with van der Waals surface area (Å²) in [5.41, 5.74) is 4.19. The molecule has 0 saturated carbocycles. The number of amides is 3. The number of nitrogens with zero attached hydrogens (tertiary/aromatic N) is 4. The molecule has 0 radical (unpaired) electrons. The Bertz CT molecular complexity index is 1040. The molecule has 1 N–H and O–H groups in total. The quantitative estimate of drug-likeness (QED) is 0.657. The molecule has 7 nitrogen and oxygen atoms in total. The van der Waals surface area contributed by atoms with E-state index in [9.17, 15) is 9.59 Å². The Morgan fingerprint density at radius 1 is 1.03 bits per heavy atom. The zero-order valence-electron chi connectivity index (χ0n) is 16.3. The number of rotatable bonds is 5. The van der Waals surface area contributed by atoms with Crippen LogP contribution in [0, 0.1) is 13.8 Å². The number of hydrogen-bond donors (Lipinski definition) is 1. The lowest BCUT2D eigenvalue weighted by Crippen LogP contribution is -2.35. The zero-order chi connectivity index (χ0) is 20.4. The van der Waals surface area contributed by atoms with Crippen molar-refractivity contribution in [3.8, 4) is 17.1 Å². The number of benzene rings is 2. The summed E-state index contributed by atoms with van der Waals surface area (Å²) in [6, 6.07) is 15.8. The molecule has 2 heterocycles. The van der Waals surface area contributed by atoms with Crippen molar-refractivity contribution in [2.45, 2.75) is 19.0 Å². The van der Waals surface area contributed by atoms with E-state index in [1.54, 1.807) is 0 Å². The SMILES string of the molecule is Cc1ccc(-c2nnc(SCC(=O)N3CCNC3=O)n2-c2ccc(C)cc2)cc1. The lowest BCUT2D eigenvalue weighted by atomic mass is 10.1. The third-order valence-electron chi connectivity index (χ3n) is 4.72. The fourth-order valence-electron chi connectivity index (χ4n) is 3.09. The number of thioether (sulfide) groups is 1. The lowest BCUT2D eigenvalue weighted by molar-refractivity contribution is -0.124. The van der Waals surface area contributed by atoms with E-state index >= 15 is 0 Å². The molecule has 0 aliphatic carbocycles. The van der Waals surface area contributed by atoms with Gasteiger partial charge >= 0.3 is 6.03 Å². The molecule has 8 heteroatoms. The van der Waals surface area contributed by atoms with Crippen LogP contribution in [0.4, 0.5) is 4.79 Å². The maximum absolute atomic E-state index is 12.4. The van der Waals surface area contributed by atoms with Crippen LogP contribution in [0.2, 0.25) is 0 Å². The number of urea groups is 1. The molecule has 2 aromatic carbocycles. The summed E-state index contributed by atoms with van der Waals surface area (Å²) in [5, 5.41) is 12.0. The monoisotopic (exact) mass is 407 g/mol. The van der Waals surface area contributed by atoms with Gasteiger partial charge in [0.25, 0.3) is 0 Å². The zero-order valence-corrected chi connectivity index (χ0v) is 17.1. The minimum atomic E-state index is -0.337. The second-order valence-electron chi connectivity index (χ2n) is 6.91. The van der Waals surface area contributed by atoms with Crippen molar-refractivity contribution < 1.29 is 9.59 Å². The largest absolute Gasteiger partial charge is 0.336 e. The number of aryl methyl sites for hydroxylation is 2. The van der Waals surface area contributed by atoms with E-state index in [4.69, 9.17) is 0 Å². The third kappa shape index (κ3) is 4.02. The van der Waals surface area contributed by atoms with Crippen molar-refractivity contribution in [1.82, 2.24) is 25.0 Å². The van der Waals surface area contributed by atoms with Gasteiger partial charge in [-0.2, -0.15) is 0 Å². The van der Waals surface area contributed by atoms with Gasteiger partial charge in [-0.25, -0.2) is 4.79 Å². The van der Waals surface area contributed by atoms with Crippen LogP contribution in [0.3, 0.4) is 0 Å². The van der Waals surface area contributed by atoms with Crippen LogP contribution in [-0.4, -0.2) is 50.4 Å². The predicted octanol–water partition coefficient (Wildman–Crippen LogP) is 3.20. The molecule has 0 bridgehead atoms. The highest BCUT2D eigenvalue weighted by molar-refractivity contribution is 7.99. The number of aromatic nitrogens is 3. The Hall–Kier alpha value is -3.13. The van der Waals surface area contributed by atoms with E-state index in [2.05, 4.69) is 15.5 Å². The van der Waals surface area contributed by atoms with Gasteiger partial charge in [0.15, 0.2) is 11.0 Å². The summed E-state index contributed by atoms with van der Waals surface area (Å²) in [6.45, 7) is 4.96. The number of carbonyl (C=O) groups excluding carboxylic acids is 2. The summed E-state index contributed by atoms with van der Waals surface area (Å²) in [7, 11) is 0. The fraction of sp³-hybridized carbons (Fsp3) is 0.238. The number of hydrogen-bond acceptors (Lipinski definition) is 5. The van der Waals surface area contributed by atoms with Crippen molar-refractivity contribution in [2.75, 3.05) is 18.8 Å². The average Bonchev–Trinajstić information content (AvgIpc) is 3.34. The highest BCUT2D eigenvalue weighted by atomic mass is 32.2. The van der Waals surface area contributed by atoms with Crippen molar-refractivity contribution >= 4 is 23.7 Å². The predicted molar refractivity (Wildman–Crippen MR) is 112 cm³/mol. The summed E-state index contributed by atoms with van der Waals surface area (Å²) in [4.78, 5) is 25.4. The highest BCUT2D eigenvalue weighted by Gasteiger charge is 2.27. The van der Waals surface area contributed by atoms with Crippen molar-refractivity contribution in [1.29, 1.82) is 0 Å². The minimum Gasteiger partial charge on any atom is -0.336 e. The van der Waals surface area contributed by atoms with Crippen LogP contribution in [0.1, 0.15) is 11.1 Å². The van der Waals surface area contributed by atoms with Gasteiger partial charge in [-0.05, 0) is 26.0 Å². The van der Waals surface area contributed by atoms with Crippen LogP contribution in [0.15, 0.2) is 53.7 Å². The normalized spacial score (nSPS) is 13.6. The van der Waals surface area contributed by atoms with E-state index in [0.29, 0.717) is 24.1 Å². The Balaban J connectivity index is 1.66. The molecule has 29 heavy (non-hydrogen) atoms. The van der Waals surface area contributed by atoms with Gasteiger partial charge in [-0.3, -0.25) is 14.3 Å². The summed E-state index contributed by atoms with van der Waals surface area (Å²) in [5.74, 6) is 0.591. The molecular formula is C21H21N5O2S. The molecule has 3 aromatic rings. The van der Waals surface area contributed by atoms with E-state index < -0.39 is 0 Å². The molecule has 148 valence electrons. The summed E-state index contributed by atoms with van der Waals surface area (Å²) >= 11 is 1.28. The van der Waals surface area contributed by atoms with Gasteiger partial charge in [0.1, 0.15) is 0 Å². The Kier molecular flexibility index (Phi) is 5.35. The minimum absolute atomic E-state index is 0.116. The molecule has 3 amide bonds. The molecule has 1 aliphatic rings. The first-order valence-electron chi connectivity index (χ1n) is 9.33. The molecule has 1 fully saturated rings. The van der Waals surface area contributed by atoms with E-state index in [0.717, 1.165) is 16.8 Å². The standard InChI is InChI=1S/C21H21N5O2S/c1-14-3-7-16(8-4-14)19-23-24-21(26(19)17-9-5-15(2)6-10-17)29-13-18(27)25-12-11-22-20(25)28/h3-10H,11-13H2,1-2H3,(H,22,28). The van der Waals surface area contributed by atoms with Gasteiger partial charge in [0.05, 0.1) is 5.75 Å². The average molecular weight is 407 g/mol. The first kappa shape index (κ1) is 19.2. The summed E-state index contributed by atoms with van der Waals surface area (Å²) in [6.07, 6.45) is 0. The second-order valence-corrected chi connectivity index (χ2v) is 7.85. The van der Waals surface area contributed by atoms with Crippen LogP contribution in [-0.2, 0) is 4.79 Å². The number of imide groups is 1. The van der Waals surface area contributed by atoms with Gasteiger partial charge in [-0.1, -0.05) is 59.3 Å². The van der Waals surface area contributed by atoms with E-state index in [1.807, 2.05) is 66.9 Å². The van der Waals surface area contributed by atoms with Crippen LogP contribution >= 0.6 is 11.8 Å². The Morgan fingerprint density at radius 2 is 1.69 bits per heavy atom. The van der Waals surface area contributed by atoms with Crippen LogP contribution in [0.25, 0.3) is 17.1 Å². The smallest absolute Gasteiger partial charge is 0.324 e. The molecular weight excluding hydrogens is 386 g/mol. The molecule has 0 unspecified atom stereocenters. The molecule has 1 saturated heterocycles. The van der Waals surface area contributed by atoms with Crippen molar-refractivity contribution in [2.24, 2.45) is 0 Å². The maximum atomic E-state index is 12.4. The number of nitrogens with one attached hydrogen (secondary N) is 1. The topological polar surface area (TPSA) is 80.1 Å². The lowest BCUT2D eigenvalue weighted by Gasteiger charge is -2.13. The van der Waals surface area contributed by atoms with E-state index in [1.165, 1.54) is 22.2 Å². The molecule has 1 aromatic heterocycles. The van der Waals surface area contributed by atoms with Crippen molar-refractivity contribution in [3.05, 3.63) is 59.7 Å². The maximum Gasteiger partial charge on any atom is 0.324 e. The Labute approximate surface area is 173 Å². The molecule has 4 rings (SSSR count). The van der Waals surface area contributed by atoms with Gasteiger partial charge < -0.3 is 5.32 Å². The van der Waals surface area contributed by atoms with Gasteiger partial charge in [0, 0.05) is 24.3 Å². The first-order valence-corrected chi connectivity index (χ1v) is 10.3. The van der Waals surface area contributed by atoms with Crippen LogP contribution < -0.4 is 5.32 Å². The number of carbonyl (C=O) groups is 2. The fourth-order valence-corrected chi connectivity index (χ4v) is 3.92. The molecule has 0 spiro atoms. The molecule has 1 aliphatic heterocycles. The Morgan fingerprint density at radius 3 is 2.31 bits per heavy atom. The van der Waals surface area contributed by atoms with Crippen molar-refractivity contribution in [3.63, 3.8) is 0 Å². The third-order valence-corrected chi connectivity index (χ3v) is 5.63. The van der Waals surface area contributed by atoms with Crippen LogP contribution in [0.5, 0.6) is 0 Å². The van der Waals surface area contributed by atoms with E-state index in [-0.39, 0.29) is 17.7 Å².